The summed E-state index contributed by atoms with van der Waals surface area (Å²) in [5, 5.41) is 35.6. The second kappa shape index (κ2) is 31.7. The number of carbonyl (C=O) groups is 1. The number of quaternary nitrogens is 4. The third kappa shape index (κ3) is 28.5. The first kappa shape index (κ1) is 56.1. The lowest BCUT2D eigenvalue weighted by atomic mass is 10.2. The Morgan fingerprint density at radius 1 is 0.604 bits per heavy atom. The Morgan fingerprint density at radius 2 is 0.812 bits per heavy atom. The van der Waals surface area contributed by atoms with Crippen molar-refractivity contribution in [2.45, 2.75) is 83.1 Å². The summed E-state index contributed by atoms with van der Waals surface area (Å²) >= 11 is 2.92. The third-order valence-corrected chi connectivity index (χ3v) is 11.0. The molecule has 288 valence electrons. The minimum absolute atomic E-state index is 0.228. The molecule has 48 heavy (non-hydrogen) atoms. The number of halogens is 2. The van der Waals surface area contributed by atoms with Crippen molar-refractivity contribution in [3.8, 4) is 5.75 Å². The van der Waals surface area contributed by atoms with Crippen LogP contribution in [0.15, 0.2) is 22.7 Å². The summed E-state index contributed by atoms with van der Waals surface area (Å²) in [6.07, 6.45) is 0. The van der Waals surface area contributed by atoms with Crippen LogP contribution >= 0.6 is 15.9 Å². The summed E-state index contributed by atoms with van der Waals surface area (Å²) in [7, 11) is 6.25. The van der Waals surface area contributed by atoms with Gasteiger partial charge in [0.1, 0.15) is 0 Å². The molecule has 0 fully saturated rings. The molecule has 0 N–H and O–H groups in total. The van der Waals surface area contributed by atoms with Gasteiger partial charge in [-0.2, -0.15) is 0 Å². The second-order valence-corrected chi connectivity index (χ2v) is 13.4. The van der Waals surface area contributed by atoms with E-state index in [0.717, 1.165) is 0 Å². The molecule has 13 heteroatoms. The van der Waals surface area contributed by atoms with Gasteiger partial charge in [0.2, 0.25) is 0 Å². The van der Waals surface area contributed by atoms with Crippen LogP contribution in [0.4, 0.5) is 4.53 Å². The average Bonchev–Trinajstić information content (AvgIpc) is 3.10. The predicted molar refractivity (Wildman–Crippen MR) is 197 cm³/mol. The molecule has 0 saturated heterocycles. The maximum atomic E-state index is 11.8. The lowest BCUT2D eigenvalue weighted by Gasteiger charge is -2.35. The van der Waals surface area contributed by atoms with Gasteiger partial charge in [-0.3, -0.25) is 12.3 Å². The fraction of sp³-hybridized carbons (Fsp3) is 0.800. The van der Waals surface area contributed by atoms with Crippen LogP contribution in [0.1, 0.15) is 93.4 Å². The summed E-state index contributed by atoms with van der Waals surface area (Å²) in [4.78, 5) is 13.7. The number of carboxylic acids is 1. The minimum atomic E-state index is -2.92. The number of carboxylic acid groups (broad SMARTS) is 1. The molecule has 0 heterocycles. The highest BCUT2D eigenvalue weighted by Gasteiger charge is 2.13. The number of hydrogen-bond acceptors (Lipinski definition) is 6. The molecule has 0 radical (unpaired) electrons. The van der Waals surface area contributed by atoms with Crippen LogP contribution < -0.4 is 25.1 Å². The van der Waals surface area contributed by atoms with E-state index in [1.165, 1.54) is 115 Å². The van der Waals surface area contributed by atoms with E-state index in [9.17, 15) is 14.4 Å². The van der Waals surface area contributed by atoms with Gasteiger partial charge in [-0.1, -0.05) is 6.07 Å². The Balaban J connectivity index is -0.000000158. The first-order valence-electron chi connectivity index (χ1n) is 17.7. The molecule has 0 aromatic heterocycles. The molecule has 0 saturated carbocycles. The highest BCUT2D eigenvalue weighted by Crippen LogP contribution is 2.28. The number of aromatic carboxylic acids is 1. The Labute approximate surface area is 304 Å². The van der Waals surface area contributed by atoms with Gasteiger partial charge in [0.15, 0.2) is 5.75 Å². The molecule has 1 aromatic carbocycles. The molecule has 0 atom stereocenters. The zero-order valence-electron chi connectivity index (χ0n) is 33.8. The normalized spacial score (nSPS) is 10.9. The topological polar surface area (TPSA) is 119 Å². The quantitative estimate of drug-likeness (QED) is 0.213. The summed E-state index contributed by atoms with van der Waals surface area (Å²) in [6.45, 7) is 42.0. The van der Waals surface area contributed by atoms with Crippen LogP contribution in [0.5, 0.6) is 5.75 Å². The summed E-state index contributed by atoms with van der Waals surface area (Å²) in [5.41, 5.74) is -0.327. The summed E-state index contributed by atoms with van der Waals surface area (Å²) < 4.78 is 16.8. The second-order valence-electron chi connectivity index (χ2n) is 12.5. The first-order chi connectivity index (χ1) is 22.1. The minimum Gasteiger partial charge on any atom is -0.907 e. The molecule has 0 amide bonds. The molecule has 1 rings (SSSR count). The number of benzene rings is 1. The van der Waals surface area contributed by atoms with Gasteiger partial charge >= 0.3 is 0 Å². The Kier molecular flexibility index (Phi) is 37.0. The van der Waals surface area contributed by atoms with Gasteiger partial charge in [-0.15, -0.1) is 0 Å². The van der Waals surface area contributed by atoms with Crippen LogP contribution in [0.2, 0.25) is 0 Å². The van der Waals surface area contributed by atoms with Crippen LogP contribution in [-0.2, 0) is 0 Å². The number of rotatable bonds is 14. The largest absolute Gasteiger partial charge is 0.907 e. The highest BCUT2D eigenvalue weighted by atomic mass is 79.9. The highest BCUT2D eigenvalue weighted by molar-refractivity contribution is 9.10. The van der Waals surface area contributed by atoms with Gasteiger partial charge in [0, 0.05) is 10.1 Å². The number of carbonyl (C=O) groups excluding carboxylic acids is 1. The molecule has 1 aromatic rings. The summed E-state index contributed by atoms with van der Waals surface area (Å²) in [5.74, 6) is -1.86. The van der Waals surface area contributed by atoms with E-state index in [1.54, 1.807) is 0 Å². The van der Waals surface area contributed by atoms with Crippen LogP contribution in [-0.4, -0.2) is 138 Å². The molecule has 0 aliphatic carbocycles. The monoisotopic (exact) mass is 756 g/mol. The SMILES string of the molecule is CC[N+](C)(CC)CC.CC[N+](C)(CC)CC.CC[N+](C)(CC)CC.CC[N+](C)(CC)CC.O=C([O-])c1cccc(Br)c1OF.[O-]B([O-])[O-]. The zero-order valence-corrected chi connectivity index (χ0v) is 35.4. The van der Waals surface area contributed by atoms with Gasteiger partial charge in [0.25, 0.3) is 0 Å². The van der Waals surface area contributed by atoms with Crippen molar-refractivity contribution in [2.75, 3.05) is 107 Å². The van der Waals surface area contributed by atoms with E-state index < -0.39 is 13.3 Å². The van der Waals surface area contributed by atoms with E-state index in [2.05, 4.69) is 132 Å². The van der Waals surface area contributed by atoms with Crippen LogP contribution in [0, 0.1) is 0 Å². The van der Waals surface area contributed by atoms with Crippen molar-refractivity contribution in [2.24, 2.45) is 0 Å². The van der Waals surface area contributed by atoms with E-state index >= 15 is 0 Å². The van der Waals surface area contributed by atoms with Crippen LogP contribution in [0.25, 0.3) is 0 Å². The van der Waals surface area contributed by atoms with Gasteiger partial charge < -0.3 is 42.9 Å². The molecule has 0 spiro atoms. The van der Waals surface area contributed by atoms with Crippen molar-refractivity contribution in [3.05, 3.63) is 28.2 Å². The van der Waals surface area contributed by atoms with E-state index in [1.807, 2.05) is 0 Å². The van der Waals surface area contributed by atoms with E-state index in [4.69, 9.17) is 15.1 Å². The summed E-state index contributed by atoms with van der Waals surface area (Å²) in [6, 6.07) is 4.09. The Bertz CT molecular complexity index is 779. The molecule has 0 aliphatic rings. The van der Waals surface area contributed by atoms with Crippen molar-refractivity contribution in [1.82, 2.24) is 0 Å². The molecule has 0 unspecified atom stereocenters. The lowest BCUT2D eigenvalue weighted by Crippen LogP contribution is -2.56. The van der Waals surface area contributed by atoms with Crippen molar-refractivity contribution >= 4 is 29.2 Å². The van der Waals surface area contributed by atoms with Crippen molar-refractivity contribution in [3.63, 3.8) is 0 Å². The number of hydrogen-bond donors (Lipinski definition) is 0. The fourth-order valence-corrected chi connectivity index (χ4v) is 3.86. The molecular formula is C35H75BBrFN4O6. The van der Waals surface area contributed by atoms with E-state index in [0.29, 0.717) is 0 Å². The van der Waals surface area contributed by atoms with Crippen LogP contribution in [0.3, 0.4) is 0 Å². The average molecular weight is 758 g/mol. The predicted octanol–water partition coefficient (Wildman–Crippen LogP) is 3.10. The first-order valence-corrected chi connectivity index (χ1v) is 18.5. The fourth-order valence-electron chi connectivity index (χ4n) is 3.43. The van der Waals surface area contributed by atoms with Gasteiger partial charge in [-0.05, 0) is 111 Å². The molecule has 0 bridgehead atoms. The lowest BCUT2D eigenvalue weighted by molar-refractivity contribution is -0.904. The molecule has 10 nitrogen and oxygen atoms in total. The van der Waals surface area contributed by atoms with Gasteiger partial charge in [-0.25, -0.2) is 0 Å². The number of nitrogens with zero attached hydrogens (tertiary/aromatic N) is 4. The Hall–Kier alpha value is -1.32. The third-order valence-electron chi connectivity index (χ3n) is 10.4. The molecular weight excluding hydrogens is 682 g/mol. The van der Waals surface area contributed by atoms with Crippen molar-refractivity contribution in [1.29, 1.82) is 0 Å². The van der Waals surface area contributed by atoms with Gasteiger partial charge in [0.05, 0.1) is 117 Å². The van der Waals surface area contributed by atoms with Crippen molar-refractivity contribution < 1.29 is 52.4 Å². The molecule has 0 aliphatic heterocycles. The smallest absolute Gasteiger partial charge is 0.195 e. The maximum Gasteiger partial charge on any atom is 0.195 e. The maximum absolute atomic E-state index is 11.8. The number of para-hydroxylation sites is 1. The van der Waals surface area contributed by atoms with E-state index in [-0.39, 0.29) is 15.8 Å². The standard InChI is InChI=1S/C7H4BrFO3.4C7H18N.BO3/c8-5-3-1-2-4(7(10)11)6(5)12-9;4*1-5-8(4,6-2)7-3;2-1(3)4/h1-3H,(H,10,11);4*5-7H2,1-4H3;/q;4*+1;-3/p-1. The Morgan fingerprint density at radius 3 is 0.917 bits per heavy atom. The zero-order chi connectivity index (χ0) is 39.2.